The molecule has 4 aromatic rings. The second-order valence-corrected chi connectivity index (χ2v) is 6.94. The molecule has 26 heavy (non-hydrogen) atoms. The van der Waals surface area contributed by atoms with Crippen LogP contribution in [0.2, 0.25) is 5.02 Å². The van der Waals surface area contributed by atoms with E-state index in [2.05, 4.69) is 15.1 Å². The summed E-state index contributed by atoms with van der Waals surface area (Å²) in [4.78, 5) is 9.10. The van der Waals surface area contributed by atoms with Crippen molar-refractivity contribution in [1.29, 1.82) is 0 Å². The standard InChI is InChI=1S/C19H14ClN3O2S/c1-24-15-7-3-4-12(9-15)16-11-26-18(21-16)10-17-22-19(23-25-17)13-5-2-6-14(20)8-13/h2-9,11H,10H2,1H3. The lowest BCUT2D eigenvalue weighted by Crippen LogP contribution is -1.89. The lowest BCUT2D eigenvalue weighted by Gasteiger charge is -2.01. The number of rotatable bonds is 5. The highest BCUT2D eigenvalue weighted by Gasteiger charge is 2.12. The van der Waals surface area contributed by atoms with E-state index in [1.165, 1.54) is 0 Å². The maximum Gasteiger partial charge on any atom is 0.233 e. The van der Waals surface area contributed by atoms with Crippen LogP contribution in [0.3, 0.4) is 0 Å². The Balaban J connectivity index is 1.53. The first-order valence-corrected chi connectivity index (χ1v) is 9.14. The summed E-state index contributed by atoms with van der Waals surface area (Å²) in [7, 11) is 1.65. The van der Waals surface area contributed by atoms with E-state index in [-0.39, 0.29) is 0 Å². The molecule has 0 radical (unpaired) electrons. The van der Waals surface area contributed by atoms with E-state index in [1.54, 1.807) is 24.5 Å². The van der Waals surface area contributed by atoms with E-state index in [0.29, 0.717) is 23.2 Å². The Hall–Kier alpha value is -2.70. The number of thiazole rings is 1. The largest absolute Gasteiger partial charge is 0.497 e. The molecule has 0 aliphatic heterocycles. The van der Waals surface area contributed by atoms with Crippen molar-refractivity contribution in [2.45, 2.75) is 6.42 Å². The monoisotopic (exact) mass is 383 g/mol. The van der Waals surface area contributed by atoms with Crippen molar-refractivity contribution < 1.29 is 9.26 Å². The zero-order valence-corrected chi connectivity index (χ0v) is 15.4. The van der Waals surface area contributed by atoms with Crippen LogP contribution in [-0.4, -0.2) is 22.2 Å². The molecule has 0 saturated heterocycles. The third-order valence-electron chi connectivity index (χ3n) is 3.77. The van der Waals surface area contributed by atoms with Crippen molar-refractivity contribution in [2.75, 3.05) is 7.11 Å². The molecule has 0 saturated carbocycles. The number of aromatic nitrogens is 3. The summed E-state index contributed by atoms with van der Waals surface area (Å²) in [5.74, 6) is 1.85. The van der Waals surface area contributed by atoms with Crippen molar-refractivity contribution in [3.8, 4) is 28.4 Å². The van der Waals surface area contributed by atoms with E-state index >= 15 is 0 Å². The molecule has 0 aliphatic carbocycles. The Morgan fingerprint density at radius 3 is 2.77 bits per heavy atom. The van der Waals surface area contributed by atoms with Crippen LogP contribution in [0.4, 0.5) is 0 Å². The fraction of sp³-hybridized carbons (Fsp3) is 0.105. The number of methoxy groups -OCH3 is 1. The zero-order chi connectivity index (χ0) is 17.9. The molecule has 5 nitrogen and oxygen atoms in total. The van der Waals surface area contributed by atoms with E-state index in [4.69, 9.17) is 20.9 Å². The minimum Gasteiger partial charge on any atom is -0.497 e. The summed E-state index contributed by atoms with van der Waals surface area (Å²) >= 11 is 7.57. The van der Waals surface area contributed by atoms with Crippen LogP contribution >= 0.6 is 22.9 Å². The molecule has 0 bridgehead atoms. The molecule has 7 heteroatoms. The molecule has 0 N–H and O–H groups in total. The third kappa shape index (κ3) is 3.61. The Labute approximate surface area is 159 Å². The Kier molecular flexibility index (Phi) is 4.69. The highest BCUT2D eigenvalue weighted by atomic mass is 35.5. The summed E-state index contributed by atoms with van der Waals surface area (Å²) in [6.45, 7) is 0. The molecule has 0 atom stereocenters. The van der Waals surface area contributed by atoms with E-state index in [0.717, 1.165) is 27.6 Å². The SMILES string of the molecule is COc1cccc(-c2csc(Cc3nc(-c4cccc(Cl)c4)no3)n2)c1. The van der Waals surface area contributed by atoms with Gasteiger partial charge in [0.05, 0.1) is 19.2 Å². The topological polar surface area (TPSA) is 61.0 Å². The number of ether oxygens (including phenoxy) is 1. The summed E-state index contributed by atoms with van der Waals surface area (Å²) in [5.41, 5.74) is 2.74. The molecule has 0 amide bonds. The molecule has 130 valence electrons. The molecular formula is C19H14ClN3O2S. The van der Waals surface area contributed by atoms with Crippen molar-refractivity contribution in [3.05, 3.63) is 69.8 Å². The molecule has 2 aromatic heterocycles. The molecule has 0 spiro atoms. The van der Waals surface area contributed by atoms with Crippen LogP contribution < -0.4 is 4.74 Å². The fourth-order valence-electron chi connectivity index (χ4n) is 2.51. The van der Waals surface area contributed by atoms with Crippen molar-refractivity contribution in [2.24, 2.45) is 0 Å². The van der Waals surface area contributed by atoms with Crippen LogP contribution in [0.15, 0.2) is 58.4 Å². The summed E-state index contributed by atoms with van der Waals surface area (Å²) in [6.07, 6.45) is 0.488. The number of hydrogen-bond donors (Lipinski definition) is 0. The van der Waals surface area contributed by atoms with Gasteiger partial charge in [0.25, 0.3) is 0 Å². The number of hydrogen-bond acceptors (Lipinski definition) is 6. The predicted octanol–water partition coefficient (Wildman–Crippen LogP) is 5.11. The van der Waals surface area contributed by atoms with Gasteiger partial charge in [-0.25, -0.2) is 4.98 Å². The van der Waals surface area contributed by atoms with Gasteiger partial charge in [-0.1, -0.05) is 41.0 Å². The first kappa shape index (κ1) is 16.8. The molecule has 2 aromatic carbocycles. The highest BCUT2D eigenvalue weighted by Crippen LogP contribution is 2.27. The maximum absolute atomic E-state index is 6.01. The minimum absolute atomic E-state index is 0.488. The molecule has 4 rings (SSSR count). The second kappa shape index (κ2) is 7.27. The lowest BCUT2D eigenvalue weighted by atomic mass is 10.2. The Bertz CT molecular complexity index is 1040. The highest BCUT2D eigenvalue weighted by molar-refractivity contribution is 7.10. The lowest BCUT2D eigenvalue weighted by molar-refractivity contribution is 0.385. The van der Waals surface area contributed by atoms with Crippen LogP contribution in [0.1, 0.15) is 10.9 Å². The molecular weight excluding hydrogens is 370 g/mol. The van der Waals surface area contributed by atoms with Crippen LogP contribution in [0.5, 0.6) is 5.75 Å². The van der Waals surface area contributed by atoms with E-state index in [1.807, 2.05) is 47.8 Å². The van der Waals surface area contributed by atoms with E-state index in [9.17, 15) is 0 Å². The van der Waals surface area contributed by atoms with Gasteiger partial charge in [0.1, 0.15) is 10.8 Å². The number of benzene rings is 2. The minimum atomic E-state index is 0.488. The van der Waals surface area contributed by atoms with E-state index < -0.39 is 0 Å². The van der Waals surface area contributed by atoms with Gasteiger partial charge in [-0.15, -0.1) is 11.3 Å². The smallest absolute Gasteiger partial charge is 0.233 e. The second-order valence-electron chi connectivity index (χ2n) is 5.56. The Morgan fingerprint density at radius 1 is 1.08 bits per heavy atom. The van der Waals surface area contributed by atoms with Crippen LogP contribution in [0.25, 0.3) is 22.6 Å². The van der Waals surface area contributed by atoms with Crippen molar-refractivity contribution in [1.82, 2.24) is 15.1 Å². The summed E-state index contributed by atoms with van der Waals surface area (Å²) < 4.78 is 10.6. The summed E-state index contributed by atoms with van der Waals surface area (Å²) in [6, 6.07) is 15.2. The number of nitrogens with zero attached hydrogens (tertiary/aromatic N) is 3. The van der Waals surface area contributed by atoms with Gasteiger partial charge in [-0.2, -0.15) is 4.98 Å². The Morgan fingerprint density at radius 2 is 1.92 bits per heavy atom. The first-order valence-electron chi connectivity index (χ1n) is 7.88. The van der Waals surface area contributed by atoms with Gasteiger partial charge in [0, 0.05) is 21.5 Å². The van der Waals surface area contributed by atoms with Gasteiger partial charge >= 0.3 is 0 Å². The van der Waals surface area contributed by atoms with Crippen molar-refractivity contribution in [3.63, 3.8) is 0 Å². The summed E-state index contributed by atoms with van der Waals surface area (Å²) in [5, 5.41) is 7.58. The molecule has 0 unspecified atom stereocenters. The molecule has 2 heterocycles. The third-order valence-corrected chi connectivity index (χ3v) is 4.85. The number of halogens is 1. The fourth-order valence-corrected chi connectivity index (χ4v) is 3.49. The average molecular weight is 384 g/mol. The van der Waals surface area contributed by atoms with Gasteiger partial charge in [0.2, 0.25) is 11.7 Å². The van der Waals surface area contributed by atoms with Gasteiger partial charge in [-0.05, 0) is 24.3 Å². The van der Waals surface area contributed by atoms with Gasteiger partial charge in [-0.3, -0.25) is 0 Å². The zero-order valence-electron chi connectivity index (χ0n) is 13.8. The van der Waals surface area contributed by atoms with Crippen molar-refractivity contribution >= 4 is 22.9 Å². The quantitative estimate of drug-likeness (QED) is 0.479. The molecule has 0 aliphatic rings. The average Bonchev–Trinajstić information content (AvgIpc) is 3.32. The molecule has 0 fully saturated rings. The van der Waals surface area contributed by atoms with Crippen LogP contribution in [0, 0.1) is 0 Å². The first-order chi connectivity index (χ1) is 12.7. The van der Waals surface area contributed by atoms with Gasteiger partial charge < -0.3 is 9.26 Å². The predicted molar refractivity (Wildman–Crippen MR) is 102 cm³/mol. The maximum atomic E-state index is 6.01. The normalized spacial score (nSPS) is 10.8. The van der Waals surface area contributed by atoms with Gasteiger partial charge in [0.15, 0.2) is 0 Å². The van der Waals surface area contributed by atoms with Crippen LogP contribution in [-0.2, 0) is 6.42 Å².